The van der Waals surface area contributed by atoms with Crippen LogP contribution in [0.25, 0.3) is 0 Å². The van der Waals surface area contributed by atoms with Crippen molar-refractivity contribution in [3.8, 4) is 0 Å². The third-order valence-electron chi connectivity index (χ3n) is 3.69. The van der Waals surface area contributed by atoms with Crippen molar-refractivity contribution in [2.75, 3.05) is 25.0 Å². The third-order valence-corrected chi connectivity index (χ3v) is 3.95. The Balaban J connectivity index is 1.87. The molecule has 0 aliphatic rings. The highest BCUT2D eigenvalue weighted by molar-refractivity contribution is 6.30. The highest BCUT2D eigenvalue weighted by atomic mass is 35.5. The highest BCUT2D eigenvalue weighted by Crippen LogP contribution is 2.11. The summed E-state index contributed by atoms with van der Waals surface area (Å²) in [6.07, 6.45) is 2.52. The molecule has 0 aliphatic carbocycles. The number of carbonyl (C=O) groups excluding carboxylic acids is 1. The Kier molecular flexibility index (Phi) is 6.41. The second-order valence-electron chi connectivity index (χ2n) is 5.21. The molecule has 1 aromatic carbocycles. The van der Waals surface area contributed by atoms with E-state index < -0.39 is 0 Å². The number of benzene rings is 1. The number of pyridine rings is 1. The number of anilines is 1. The lowest BCUT2D eigenvalue weighted by molar-refractivity contribution is 0.0772. The lowest BCUT2D eigenvalue weighted by Gasteiger charge is -2.18. The fraction of sp³-hybridized carbons (Fsp3) is 0.333. The third kappa shape index (κ3) is 4.96. The number of amides is 1. The van der Waals surface area contributed by atoms with Gasteiger partial charge in [0, 0.05) is 30.9 Å². The lowest BCUT2D eigenvalue weighted by Crippen LogP contribution is -2.30. The van der Waals surface area contributed by atoms with Crippen molar-refractivity contribution in [2.24, 2.45) is 0 Å². The minimum absolute atomic E-state index is 0.0233. The van der Waals surface area contributed by atoms with Crippen molar-refractivity contribution in [2.45, 2.75) is 20.3 Å². The van der Waals surface area contributed by atoms with E-state index in [4.69, 9.17) is 11.6 Å². The van der Waals surface area contributed by atoms with E-state index in [9.17, 15) is 4.79 Å². The number of hydrogen-bond donors (Lipinski definition) is 1. The number of halogens is 1. The Bertz CT molecular complexity index is 622. The van der Waals surface area contributed by atoms with Gasteiger partial charge in [0.25, 0.3) is 5.91 Å². The van der Waals surface area contributed by atoms with Crippen LogP contribution in [0, 0.1) is 0 Å². The predicted octanol–water partition coefficient (Wildman–Crippen LogP) is 3.87. The Labute approximate surface area is 142 Å². The first-order valence-corrected chi connectivity index (χ1v) is 8.25. The molecule has 0 aliphatic heterocycles. The van der Waals surface area contributed by atoms with E-state index in [-0.39, 0.29) is 5.91 Å². The van der Waals surface area contributed by atoms with Gasteiger partial charge in [0.2, 0.25) is 0 Å². The van der Waals surface area contributed by atoms with E-state index in [1.807, 2.05) is 50.2 Å². The van der Waals surface area contributed by atoms with E-state index in [1.54, 1.807) is 11.1 Å². The zero-order chi connectivity index (χ0) is 16.7. The molecule has 0 spiro atoms. The molecule has 1 N–H and O–H groups in total. The summed E-state index contributed by atoms with van der Waals surface area (Å²) in [6.45, 7) is 6.13. The molecule has 2 rings (SSSR count). The average molecular weight is 332 g/mol. The summed E-state index contributed by atoms with van der Waals surface area (Å²) in [5.74, 6) is 0.797. The Morgan fingerprint density at radius 1 is 1.13 bits per heavy atom. The average Bonchev–Trinajstić information content (AvgIpc) is 2.58. The van der Waals surface area contributed by atoms with E-state index >= 15 is 0 Å². The van der Waals surface area contributed by atoms with Crippen molar-refractivity contribution < 1.29 is 4.79 Å². The van der Waals surface area contributed by atoms with E-state index in [0.717, 1.165) is 23.8 Å². The van der Waals surface area contributed by atoms with Crippen LogP contribution in [0.5, 0.6) is 0 Å². The molecule has 1 aromatic heterocycles. The van der Waals surface area contributed by atoms with Crippen LogP contribution in [0.1, 0.15) is 29.8 Å². The zero-order valence-corrected chi connectivity index (χ0v) is 14.3. The maximum Gasteiger partial charge on any atom is 0.255 e. The van der Waals surface area contributed by atoms with E-state index in [1.165, 1.54) is 5.56 Å². The van der Waals surface area contributed by atoms with Gasteiger partial charge in [-0.1, -0.05) is 23.7 Å². The topological polar surface area (TPSA) is 45.2 Å². The molecule has 2 aromatic rings. The first kappa shape index (κ1) is 17.3. The van der Waals surface area contributed by atoms with Gasteiger partial charge >= 0.3 is 0 Å². The maximum atomic E-state index is 12.2. The summed E-state index contributed by atoms with van der Waals surface area (Å²) in [5, 5.41) is 4.01. The van der Waals surface area contributed by atoms with E-state index in [0.29, 0.717) is 18.7 Å². The van der Waals surface area contributed by atoms with Crippen molar-refractivity contribution in [3.05, 3.63) is 58.7 Å². The van der Waals surface area contributed by atoms with Gasteiger partial charge in [-0.05, 0) is 50.1 Å². The second kappa shape index (κ2) is 8.53. The normalized spacial score (nSPS) is 10.4. The van der Waals surface area contributed by atoms with Crippen LogP contribution >= 0.6 is 11.6 Å². The Morgan fingerprint density at radius 2 is 1.83 bits per heavy atom. The van der Waals surface area contributed by atoms with Gasteiger partial charge in [0.1, 0.15) is 5.82 Å². The summed E-state index contributed by atoms with van der Waals surface area (Å²) in [5.41, 5.74) is 1.84. The molecule has 1 amide bonds. The SMILES string of the molecule is CCN(CC)C(=O)c1ccc(NCCc2ccc(Cl)cc2)nc1. The summed E-state index contributed by atoms with van der Waals surface area (Å²) in [4.78, 5) is 18.3. The van der Waals surface area contributed by atoms with Gasteiger partial charge in [-0.25, -0.2) is 4.98 Å². The molecule has 1 heterocycles. The van der Waals surface area contributed by atoms with Gasteiger partial charge in [-0.3, -0.25) is 4.79 Å². The molecule has 122 valence electrons. The molecule has 0 saturated carbocycles. The standard InChI is InChI=1S/C18H22ClN3O/c1-3-22(4-2)18(23)15-7-10-17(21-13-15)20-12-11-14-5-8-16(19)9-6-14/h5-10,13H,3-4,11-12H2,1-2H3,(H,20,21). The molecule has 0 atom stereocenters. The number of hydrogen-bond acceptors (Lipinski definition) is 3. The lowest BCUT2D eigenvalue weighted by atomic mass is 10.1. The molecule has 0 fully saturated rings. The predicted molar refractivity (Wildman–Crippen MR) is 95.1 cm³/mol. The van der Waals surface area contributed by atoms with Gasteiger partial charge in [-0.2, -0.15) is 0 Å². The van der Waals surface area contributed by atoms with Crippen LogP contribution in [0.15, 0.2) is 42.6 Å². The Hall–Kier alpha value is -2.07. The molecule has 0 unspecified atom stereocenters. The first-order chi connectivity index (χ1) is 11.1. The fourth-order valence-electron chi connectivity index (χ4n) is 2.30. The number of nitrogens with one attached hydrogen (secondary N) is 1. The largest absolute Gasteiger partial charge is 0.370 e. The molecule has 0 radical (unpaired) electrons. The molecule has 0 bridgehead atoms. The molecule has 23 heavy (non-hydrogen) atoms. The van der Waals surface area contributed by atoms with Gasteiger partial charge in [0.05, 0.1) is 5.56 Å². The van der Waals surface area contributed by atoms with Crippen LogP contribution < -0.4 is 5.32 Å². The van der Waals surface area contributed by atoms with Gasteiger partial charge in [-0.15, -0.1) is 0 Å². The molecule has 0 saturated heterocycles. The van der Waals surface area contributed by atoms with Crippen LogP contribution in [0.3, 0.4) is 0 Å². The quantitative estimate of drug-likeness (QED) is 0.837. The van der Waals surface area contributed by atoms with Gasteiger partial charge < -0.3 is 10.2 Å². The summed E-state index contributed by atoms with van der Waals surface area (Å²) in [7, 11) is 0. The summed E-state index contributed by atoms with van der Waals surface area (Å²) in [6, 6.07) is 11.5. The van der Waals surface area contributed by atoms with Crippen molar-refractivity contribution >= 4 is 23.3 Å². The van der Waals surface area contributed by atoms with Crippen LogP contribution in [-0.4, -0.2) is 35.4 Å². The summed E-state index contributed by atoms with van der Waals surface area (Å²) >= 11 is 5.87. The number of nitrogens with zero attached hydrogens (tertiary/aromatic N) is 2. The molecule has 4 nitrogen and oxygen atoms in total. The minimum atomic E-state index is 0.0233. The molecular weight excluding hydrogens is 310 g/mol. The molecular formula is C18H22ClN3O. The van der Waals surface area contributed by atoms with Gasteiger partial charge in [0.15, 0.2) is 0 Å². The fourth-order valence-corrected chi connectivity index (χ4v) is 2.43. The van der Waals surface area contributed by atoms with Crippen molar-refractivity contribution in [1.82, 2.24) is 9.88 Å². The molecule has 5 heteroatoms. The van der Waals surface area contributed by atoms with Crippen molar-refractivity contribution in [3.63, 3.8) is 0 Å². The van der Waals surface area contributed by atoms with Crippen LogP contribution in [0.4, 0.5) is 5.82 Å². The van der Waals surface area contributed by atoms with Crippen LogP contribution in [0.2, 0.25) is 5.02 Å². The monoisotopic (exact) mass is 331 g/mol. The zero-order valence-electron chi connectivity index (χ0n) is 13.6. The minimum Gasteiger partial charge on any atom is -0.370 e. The Morgan fingerprint density at radius 3 is 2.39 bits per heavy atom. The van der Waals surface area contributed by atoms with Crippen molar-refractivity contribution in [1.29, 1.82) is 0 Å². The summed E-state index contributed by atoms with van der Waals surface area (Å²) < 4.78 is 0. The highest BCUT2D eigenvalue weighted by Gasteiger charge is 2.12. The first-order valence-electron chi connectivity index (χ1n) is 7.87. The second-order valence-corrected chi connectivity index (χ2v) is 5.65. The smallest absolute Gasteiger partial charge is 0.255 e. The number of aromatic nitrogens is 1. The number of carbonyl (C=O) groups is 1. The van der Waals surface area contributed by atoms with E-state index in [2.05, 4.69) is 10.3 Å². The van der Waals surface area contributed by atoms with Crippen LogP contribution in [-0.2, 0) is 6.42 Å². The maximum absolute atomic E-state index is 12.2. The number of rotatable bonds is 7.